The van der Waals surface area contributed by atoms with Crippen LogP contribution in [-0.2, 0) is 19.4 Å². The maximum Gasteiger partial charge on any atom is 0.167 e. The Balaban J connectivity index is 1.95. The number of aromatic nitrogens is 3. The molecule has 0 bridgehead atoms. The van der Waals surface area contributed by atoms with Crippen molar-refractivity contribution in [3.8, 4) is 5.75 Å². The average Bonchev–Trinajstić information content (AvgIpc) is 3.01. The van der Waals surface area contributed by atoms with Gasteiger partial charge in [-0.15, -0.1) is 0 Å². The van der Waals surface area contributed by atoms with Gasteiger partial charge < -0.3 is 14.6 Å². The number of nitrogens with one attached hydrogen (secondary N) is 1. The van der Waals surface area contributed by atoms with E-state index in [-0.39, 0.29) is 5.75 Å². The number of hydrogen-bond acceptors (Lipinski definition) is 6. The zero-order valence-electron chi connectivity index (χ0n) is 13.9. The number of hydrogen-bond donors (Lipinski definition) is 1. The van der Waals surface area contributed by atoms with Crippen LogP contribution in [0.5, 0.6) is 5.75 Å². The lowest BCUT2D eigenvalue weighted by Crippen LogP contribution is -2.06. The molecule has 0 atom stereocenters. The summed E-state index contributed by atoms with van der Waals surface area (Å²) >= 11 is 0. The van der Waals surface area contributed by atoms with E-state index in [2.05, 4.69) is 20.4 Å². The van der Waals surface area contributed by atoms with Crippen LogP contribution < -0.4 is 10.1 Å². The van der Waals surface area contributed by atoms with Gasteiger partial charge in [-0.3, -0.25) is 0 Å². The standard InChI is InChI=1S/C17H19FN4O2/c1-4-13-11(15(5-2)24-22-13)8-19-17-10-6-16(23-3)12(18)7-14(10)20-9-21-17/h6-7,9H,4-5,8H2,1-3H3,(H,19,20,21). The number of halogens is 1. The molecule has 0 saturated carbocycles. The summed E-state index contributed by atoms with van der Waals surface area (Å²) in [5.41, 5.74) is 2.49. The summed E-state index contributed by atoms with van der Waals surface area (Å²) in [6.07, 6.45) is 2.98. The van der Waals surface area contributed by atoms with Crippen LogP contribution in [0.1, 0.15) is 30.9 Å². The molecule has 0 unspecified atom stereocenters. The highest BCUT2D eigenvalue weighted by Gasteiger charge is 2.15. The number of rotatable bonds is 6. The molecule has 6 nitrogen and oxygen atoms in total. The van der Waals surface area contributed by atoms with Gasteiger partial charge >= 0.3 is 0 Å². The zero-order valence-corrected chi connectivity index (χ0v) is 13.9. The van der Waals surface area contributed by atoms with Crippen LogP contribution in [0.15, 0.2) is 23.0 Å². The van der Waals surface area contributed by atoms with Gasteiger partial charge in [0.15, 0.2) is 11.6 Å². The van der Waals surface area contributed by atoms with Crippen LogP contribution in [0.3, 0.4) is 0 Å². The molecule has 3 aromatic rings. The monoisotopic (exact) mass is 330 g/mol. The van der Waals surface area contributed by atoms with Gasteiger partial charge in [0.25, 0.3) is 0 Å². The van der Waals surface area contributed by atoms with Crippen LogP contribution in [0, 0.1) is 5.82 Å². The van der Waals surface area contributed by atoms with Crippen molar-refractivity contribution in [2.45, 2.75) is 33.2 Å². The lowest BCUT2D eigenvalue weighted by Gasteiger charge is -2.10. The number of ether oxygens (including phenoxy) is 1. The van der Waals surface area contributed by atoms with Gasteiger partial charge in [0.1, 0.15) is 17.9 Å². The molecule has 0 fully saturated rings. The fourth-order valence-electron chi connectivity index (χ4n) is 2.66. The maximum absolute atomic E-state index is 13.8. The third-order valence-electron chi connectivity index (χ3n) is 3.95. The fourth-order valence-corrected chi connectivity index (χ4v) is 2.66. The summed E-state index contributed by atoms with van der Waals surface area (Å²) in [6, 6.07) is 2.94. The van der Waals surface area contributed by atoms with Crippen LogP contribution in [0.25, 0.3) is 10.9 Å². The van der Waals surface area contributed by atoms with E-state index in [1.165, 1.54) is 19.5 Å². The Morgan fingerprint density at radius 1 is 1.21 bits per heavy atom. The Kier molecular flexibility index (Phi) is 4.59. The quantitative estimate of drug-likeness (QED) is 0.746. The third-order valence-corrected chi connectivity index (χ3v) is 3.95. The molecule has 0 aliphatic carbocycles. The molecular formula is C17H19FN4O2. The van der Waals surface area contributed by atoms with Gasteiger partial charge in [0, 0.05) is 30.0 Å². The Hall–Kier alpha value is -2.70. The van der Waals surface area contributed by atoms with Crippen molar-refractivity contribution in [1.29, 1.82) is 0 Å². The predicted octanol–water partition coefficient (Wildman–Crippen LogP) is 3.50. The van der Waals surface area contributed by atoms with Gasteiger partial charge in [-0.2, -0.15) is 0 Å². The largest absolute Gasteiger partial charge is 0.494 e. The van der Waals surface area contributed by atoms with Crippen molar-refractivity contribution in [2.24, 2.45) is 0 Å². The first-order valence-electron chi connectivity index (χ1n) is 7.86. The minimum absolute atomic E-state index is 0.161. The van der Waals surface area contributed by atoms with Crippen molar-refractivity contribution in [2.75, 3.05) is 12.4 Å². The molecule has 7 heteroatoms. The highest BCUT2D eigenvalue weighted by atomic mass is 19.1. The number of fused-ring (bicyclic) bond motifs is 1. The van der Waals surface area contributed by atoms with Gasteiger partial charge in [-0.1, -0.05) is 19.0 Å². The SMILES string of the molecule is CCc1noc(CC)c1CNc1ncnc2cc(F)c(OC)cc12. The molecule has 0 radical (unpaired) electrons. The van der Waals surface area contributed by atoms with E-state index in [1.807, 2.05) is 13.8 Å². The predicted molar refractivity (Wildman–Crippen MR) is 88.6 cm³/mol. The van der Waals surface area contributed by atoms with Crippen molar-refractivity contribution < 1.29 is 13.7 Å². The molecule has 2 aromatic heterocycles. The fraction of sp³-hybridized carbons (Fsp3) is 0.353. The molecule has 24 heavy (non-hydrogen) atoms. The minimum Gasteiger partial charge on any atom is -0.494 e. The lowest BCUT2D eigenvalue weighted by atomic mass is 10.1. The molecule has 0 aliphatic heterocycles. The van der Waals surface area contributed by atoms with Crippen molar-refractivity contribution >= 4 is 16.7 Å². The summed E-state index contributed by atoms with van der Waals surface area (Å²) in [5.74, 6) is 1.19. The van der Waals surface area contributed by atoms with E-state index < -0.39 is 5.82 Å². The summed E-state index contributed by atoms with van der Waals surface area (Å²) in [4.78, 5) is 8.38. The van der Waals surface area contributed by atoms with Crippen molar-refractivity contribution in [1.82, 2.24) is 15.1 Å². The van der Waals surface area contributed by atoms with Crippen LogP contribution in [0.2, 0.25) is 0 Å². The molecule has 0 aliphatic rings. The van der Waals surface area contributed by atoms with E-state index in [0.29, 0.717) is 23.3 Å². The van der Waals surface area contributed by atoms with Gasteiger partial charge in [-0.05, 0) is 12.5 Å². The molecular weight excluding hydrogens is 311 g/mol. The summed E-state index contributed by atoms with van der Waals surface area (Å²) < 4.78 is 24.3. The highest BCUT2D eigenvalue weighted by Crippen LogP contribution is 2.28. The lowest BCUT2D eigenvalue weighted by molar-refractivity contribution is 0.380. The molecule has 2 heterocycles. The molecule has 0 saturated heterocycles. The van der Waals surface area contributed by atoms with Crippen LogP contribution in [0.4, 0.5) is 10.2 Å². The normalized spacial score (nSPS) is 11.0. The van der Waals surface area contributed by atoms with Crippen LogP contribution in [-0.4, -0.2) is 22.2 Å². The second-order valence-corrected chi connectivity index (χ2v) is 5.32. The minimum atomic E-state index is -0.449. The molecule has 126 valence electrons. The molecule has 1 aromatic carbocycles. The van der Waals surface area contributed by atoms with E-state index in [1.54, 1.807) is 6.07 Å². The summed E-state index contributed by atoms with van der Waals surface area (Å²) in [5, 5.41) is 8.08. The van der Waals surface area contributed by atoms with E-state index in [9.17, 15) is 4.39 Å². The Labute approximate surface area is 139 Å². The Morgan fingerprint density at radius 3 is 2.75 bits per heavy atom. The van der Waals surface area contributed by atoms with E-state index >= 15 is 0 Å². The zero-order chi connectivity index (χ0) is 17.1. The molecule has 0 spiro atoms. The van der Waals surface area contributed by atoms with Crippen LogP contribution >= 0.6 is 0 Å². The van der Waals surface area contributed by atoms with Crippen molar-refractivity contribution in [3.05, 3.63) is 41.3 Å². The first-order chi connectivity index (χ1) is 11.7. The third kappa shape index (κ3) is 2.89. The summed E-state index contributed by atoms with van der Waals surface area (Å²) in [6.45, 7) is 4.59. The highest BCUT2D eigenvalue weighted by molar-refractivity contribution is 5.90. The first kappa shape index (κ1) is 16.2. The molecule has 1 N–H and O–H groups in total. The van der Waals surface area contributed by atoms with Gasteiger partial charge in [0.05, 0.1) is 18.3 Å². The van der Waals surface area contributed by atoms with E-state index in [0.717, 1.165) is 29.9 Å². The second-order valence-electron chi connectivity index (χ2n) is 5.32. The Bertz CT molecular complexity index is 842. The number of nitrogens with zero attached hydrogens (tertiary/aromatic N) is 3. The number of methoxy groups -OCH3 is 1. The topological polar surface area (TPSA) is 73.1 Å². The number of aryl methyl sites for hydroxylation is 2. The number of benzene rings is 1. The van der Waals surface area contributed by atoms with E-state index in [4.69, 9.17) is 9.26 Å². The van der Waals surface area contributed by atoms with Gasteiger partial charge in [0.2, 0.25) is 0 Å². The average molecular weight is 330 g/mol. The second kappa shape index (κ2) is 6.82. The van der Waals surface area contributed by atoms with Gasteiger partial charge in [-0.25, -0.2) is 14.4 Å². The smallest absolute Gasteiger partial charge is 0.167 e. The summed E-state index contributed by atoms with van der Waals surface area (Å²) in [7, 11) is 1.43. The van der Waals surface area contributed by atoms with Crippen molar-refractivity contribution in [3.63, 3.8) is 0 Å². The molecule has 3 rings (SSSR count). The number of anilines is 1. The Morgan fingerprint density at radius 2 is 2.04 bits per heavy atom. The molecule has 0 amide bonds. The maximum atomic E-state index is 13.8. The first-order valence-corrected chi connectivity index (χ1v) is 7.86.